The van der Waals surface area contributed by atoms with Crippen molar-refractivity contribution in [1.29, 1.82) is 5.26 Å². The van der Waals surface area contributed by atoms with Crippen molar-refractivity contribution in [3.8, 4) is 6.07 Å². The van der Waals surface area contributed by atoms with E-state index in [0.29, 0.717) is 13.2 Å². The predicted octanol–water partition coefficient (Wildman–Crippen LogP) is 2.92. The molecule has 0 unspecified atom stereocenters. The molecule has 0 spiro atoms. The summed E-state index contributed by atoms with van der Waals surface area (Å²) in [5, 5.41) is 9.33. The molecular formula is C14H18N2OS. The molecule has 0 atom stereocenters. The summed E-state index contributed by atoms with van der Waals surface area (Å²) in [5.74, 6) is 0. The largest absolute Gasteiger partial charge is 0.383 e. The second-order valence-electron chi connectivity index (χ2n) is 3.69. The zero-order valence-electron chi connectivity index (χ0n) is 10.8. The Morgan fingerprint density at radius 1 is 1.56 bits per heavy atom. The Kier molecular flexibility index (Phi) is 6.34. The fourth-order valence-corrected chi connectivity index (χ4v) is 2.30. The summed E-state index contributed by atoms with van der Waals surface area (Å²) >= 11 is 1.59. The van der Waals surface area contributed by atoms with Crippen molar-refractivity contribution in [2.45, 2.75) is 4.90 Å². The summed E-state index contributed by atoms with van der Waals surface area (Å²) in [6, 6.07) is 8.21. The van der Waals surface area contributed by atoms with Crippen molar-refractivity contribution in [2.24, 2.45) is 0 Å². The van der Waals surface area contributed by atoms with Crippen molar-refractivity contribution in [1.82, 2.24) is 0 Å². The number of thioether (sulfide) groups is 1. The van der Waals surface area contributed by atoms with Crippen LogP contribution in [-0.4, -0.2) is 33.1 Å². The Morgan fingerprint density at radius 2 is 2.33 bits per heavy atom. The van der Waals surface area contributed by atoms with Gasteiger partial charge in [0.25, 0.3) is 0 Å². The number of rotatable bonds is 7. The minimum atomic E-state index is 0.627. The van der Waals surface area contributed by atoms with Gasteiger partial charge in [-0.3, -0.25) is 0 Å². The van der Waals surface area contributed by atoms with Crippen LogP contribution in [0.3, 0.4) is 0 Å². The van der Waals surface area contributed by atoms with Crippen LogP contribution in [0, 0.1) is 11.3 Å². The SMILES string of the molecule is C=CCN(CCOC)c1cccc(SC)c1C#N. The van der Waals surface area contributed by atoms with Gasteiger partial charge >= 0.3 is 0 Å². The van der Waals surface area contributed by atoms with E-state index < -0.39 is 0 Å². The summed E-state index contributed by atoms with van der Waals surface area (Å²) in [5.41, 5.74) is 1.67. The minimum absolute atomic E-state index is 0.627. The normalized spacial score (nSPS) is 9.83. The second kappa shape index (κ2) is 7.80. The molecule has 0 aliphatic rings. The topological polar surface area (TPSA) is 36.3 Å². The first-order chi connectivity index (χ1) is 8.78. The number of nitrogens with zero attached hydrogens (tertiary/aromatic N) is 2. The standard InChI is InChI=1S/C14H18N2OS/c1-4-8-16(9-10-17-2)13-6-5-7-14(18-3)12(13)11-15/h4-7H,1,8-10H2,2-3H3. The summed E-state index contributed by atoms with van der Waals surface area (Å²) < 4.78 is 5.11. The Labute approximate surface area is 113 Å². The van der Waals surface area contributed by atoms with Crippen LogP contribution in [0.5, 0.6) is 0 Å². The predicted molar refractivity (Wildman–Crippen MR) is 77.2 cm³/mol. The van der Waals surface area contributed by atoms with Crippen LogP contribution >= 0.6 is 11.8 Å². The molecule has 0 radical (unpaired) electrons. The molecular weight excluding hydrogens is 244 g/mol. The Bertz CT molecular complexity index is 440. The van der Waals surface area contributed by atoms with Gasteiger partial charge in [-0.1, -0.05) is 12.1 Å². The van der Waals surface area contributed by atoms with Gasteiger partial charge in [-0.2, -0.15) is 5.26 Å². The van der Waals surface area contributed by atoms with Gasteiger partial charge in [0, 0.05) is 25.1 Å². The van der Waals surface area contributed by atoms with Crippen LogP contribution in [-0.2, 0) is 4.74 Å². The highest BCUT2D eigenvalue weighted by molar-refractivity contribution is 7.98. The quantitative estimate of drug-likeness (QED) is 0.559. The molecule has 1 aromatic carbocycles. The van der Waals surface area contributed by atoms with E-state index in [0.717, 1.165) is 22.7 Å². The molecule has 18 heavy (non-hydrogen) atoms. The molecule has 0 aromatic heterocycles. The molecule has 0 N–H and O–H groups in total. The Balaban J connectivity index is 3.10. The molecule has 0 aliphatic heterocycles. The van der Waals surface area contributed by atoms with Crippen LogP contribution in [0.2, 0.25) is 0 Å². The first kappa shape index (κ1) is 14.6. The van der Waals surface area contributed by atoms with Crippen molar-refractivity contribution < 1.29 is 4.74 Å². The van der Waals surface area contributed by atoms with Crippen LogP contribution < -0.4 is 4.90 Å². The molecule has 3 nitrogen and oxygen atoms in total. The molecule has 0 saturated carbocycles. The van der Waals surface area contributed by atoms with Gasteiger partial charge in [-0.25, -0.2) is 0 Å². The summed E-state index contributed by atoms with van der Waals surface area (Å²) in [4.78, 5) is 3.11. The van der Waals surface area contributed by atoms with E-state index in [1.807, 2.05) is 30.5 Å². The van der Waals surface area contributed by atoms with E-state index >= 15 is 0 Å². The molecule has 1 rings (SSSR count). The highest BCUT2D eigenvalue weighted by Crippen LogP contribution is 2.28. The third kappa shape index (κ3) is 3.52. The highest BCUT2D eigenvalue weighted by atomic mass is 32.2. The molecule has 1 aromatic rings. The lowest BCUT2D eigenvalue weighted by atomic mass is 10.1. The monoisotopic (exact) mass is 262 g/mol. The molecule has 0 fully saturated rings. The lowest BCUT2D eigenvalue weighted by Gasteiger charge is -2.24. The number of ether oxygens (including phenoxy) is 1. The number of nitriles is 1. The van der Waals surface area contributed by atoms with Crippen LogP contribution in [0.4, 0.5) is 5.69 Å². The number of methoxy groups -OCH3 is 1. The van der Waals surface area contributed by atoms with Gasteiger partial charge in [-0.15, -0.1) is 18.3 Å². The average molecular weight is 262 g/mol. The maximum absolute atomic E-state index is 9.33. The lowest BCUT2D eigenvalue weighted by Crippen LogP contribution is -2.28. The van der Waals surface area contributed by atoms with E-state index in [1.54, 1.807) is 18.9 Å². The lowest BCUT2D eigenvalue weighted by molar-refractivity contribution is 0.206. The summed E-state index contributed by atoms with van der Waals surface area (Å²) in [6.45, 7) is 5.84. The zero-order valence-corrected chi connectivity index (χ0v) is 11.7. The van der Waals surface area contributed by atoms with Crippen molar-refractivity contribution in [3.05, 3.63) is 36.4 Å². The van der Waals surface area contributed by atoms with Crippen LogP contribution in [0.15, 0.2) is 35.7 Å². The number of hydrogen-bond acceptors (Lipinski definition) is 4. The summed E-state index contributed by atoms with van der Waals surface area (Å²) in [7, 11) is 1.68. The van der Waals surface area contributed by atoms with E-state index in [1.165, 1.54) is 0 Å². The molecule has 4 heteroatoms. The fourth-order valence-electron chi connectivity index (χ4n) is 1.73. The third-order valence-electron chi connectivity index (χ3n) is 2.59. The Morgan fingerprint density at radius 3 is 2.89 bits per heavy atom. The fraction of sp³-hybridized carbons (Fsp3) is 0.357. The first-order valence-electron chi connectivity index (χ1n) is 5.70. The van der Waals surface area contributed by atoms with E-state index in [9.17, 15) is 5.26 Å². The average Bonchev–Trinajstić information content (AvgIpc) is 2.42. The zero-order chi connectivity index (χ0) is 13.4. The number of benzene rings is 1. The van der Waals surface area contributed by atoms with Gasteiger partial charge in [-0.05, 0) is 18.4 Å². The molecule has 96 valence electrons. The highest BCUT2D eigenvalue weighted by Gasteiger charge is 2.12. The maximum atomic E-state index is 9.33. The van der Waals surface area contributed by atoms with E-state index in [-0.39, 0.29) is 0 Å². The molecule has 0 heterocycles. The smallest absolute Gasteiger partial charge is 0.103 e. The number of hydrogen-bond donors (Lipinski definition) is 0. The van der Waals surface area contributed by atoms with Gasteiger partial charge in [0.15, 0.2) is 0 Å². The van der Waals surface area contributed by atoms with Gasteiger partial charge < -0.3 is 9.64 Å². The van der Waals surface area contributed by atoms with Crippen molar-refractivity contribution >= 4 is 17.4 Å². The van der Waals surface area contributed by atoms with E-state index in [4.69, 9.17) is 4.74 Å². The van der Waals surface area contributed by atoms with E-state index in [2.05, 4.69) is 17.5 Å². The van der Waals surface area contributed by atoms with Gasteiger partial charge in [0.05, 0.1) is 17.9 Å². The first-order valence-corrected chi connectivity index (χ1v) is 6.92. The Hall–Kier alpha value is -1.44. The number of anilines is 1. The van der Waals surface area contributed by atoms with Gasteiger partial charge in [0.1, 0.15) is 6.07 Å². The van der Waals surface area contributed by atoms with Crippen molar-refractivity contribution in [3.63, 3.8) is 0 Å². The molecule has 0 aliphatic carbocycles. The minimum Gasteiger partial charge on any atom is -0.383 e. The van der Waals surface area contributed by atoms with Crippen molar-refractivity contribution in [2.75, 3.05) is 38.0 Å². The molecule has 0 bridgehead atoms. The molecule has 0 saturated heterocycles. The maximum Gasteiger partial charge on any atom is 0.103 e. The second-order valence-corrected chi connectivity index (χ2v) is 4.54. The third-order valence-corrected chi connectivity index (χ3v) is 3.37. The van der Waals surface area contributed by atoms with Gasteiger partial charge in [0.2, 0.25) is 0 Å². The summed E-state index contributed by atoms with van der Waals surface area (Å²) in [6.07, 6.45) is 3.82. The van der Waals surface area contributed by atoms with Crippen LogP contribution in [0.1, 0.15) is 5.56 Å². The van der Waals surface area contributed by atoms with Crippen LogP contribution in [0.25, 0.3) is 0 Å². The molecule has 0 amide bonds.